The minimum atomic E-state index is -4.76. The summed E-state index contributed by atoms with van der Waals surface area (Å²) in [5, 5.41) is 11.6. The zero-order valence-electron chi connectivity index (χ0n) is 12.7. The number of carbonyl (C=O) groups is 2. The number of nitrogens with one attached hydrogen (secondary N) is 1. The van der Waals surface area contributed by atoms with Crippen molar-refractivity contribution in [2.24, 2.45) is 11.8 Å². The SMILES string of the molecule is O=C(NCC(C(=O)O)C1CCOCC1)c1cccnc1C(F)(F)F. The number of aliphatic carboxylic acids is 1. The van der Waals surface area contributed by atoms with Gasteiger partial charge in [-0.1, -0.05) is 0 Å². The van der Waals surface area contributed by atoms with E-state index in [9.17, 15) is 27.9 Å². The Bertz CT molecular complexity index is 601. The topological polar surface area (TPSA) is 88.5 Å². The van der Waals surface area contributed by atoms with Gasteiger partial charge in [-0.2, -0.15) is 13.2 Å². The number of pyridine rings is 1. The minimum Gasteiger partial charge on any atom is -0.481 e. The lowest BCUT2D eigenvalue weighted by Gasteiger charge is -2.27. The van der Waals surface area contributed by atoms with E-state index < -0.39 is 35.2 Å². The normalized spacial score (nSPS) is 17.3. The third kappa shape index (κ3) is 4.44. The first kappa shape index (κ1) is 18.2. The van der Waals surface area contributed by atoms with E-state index in [1.807, 2.05) is 0 Å². The van der Waals surface area contributed by atoms with Crippen molar-refractivity contribution in [3.05, 3.63) is 29.6 Å². The van der Waals surface area contributed by atoms with Gasteiger partial charge in [0.15, 0.2) is 5.69 Å². The molecule has 2 heterocycles. The van der Waals surface area contributed by atoms with E-state index in [1.54, 1.807) is 0 Å². The number of aromatic nitrogens is 1. The van der Waals surface area contributed by atoms with Gasteiger partial charge < -0.3 is 15.2 Å². The summed E-state index contributed by atoms with van der Waals surface area (Å²) < 4.78 is 43.8. The monoisotopic (exact) mass is 346 g/mol. The van der Waals surface area contributed by atoms with Gasteiger partial charge in [-0.3, -0.25) is 14.6 Å². The Morgan fingerprint density at radius 2 is 2.04 bits per heavy atom. The maximum atomic E-state index is 12.9. The van der Waals surface area contributed by atoms with E-state index in [2.05, 4.69) is 10.3 Å². The van der Waals surface area contributed by atoms with E-state index in [1.165, 1.54) is 6.07 Å². The molecular weight excluding hydrogens is 329 g/mol. The van der Waals surface area contributed by atoms with Crippen LogP contribution in [0, 0.1) is 11.8 Å². The number of hydrogen-bond donors (Lipinski definition) is 2. The van der Waals surface area contributed by atoms with E-state index in [0.29, 0.717) is 26.1 Å². The van der Waals surface area contributed by atoms with Crippen molar-refractivity contribution in [2.75, 3.05) is 19.8 Å². The molecule has 0 saturated carbocycles. The third-order valence-corrected chi connectivity index (χ3v) is 3.96. The fourth-order valence-corrected chi connectivity index (χ4v) is 2.69. The molecule has 9 heteroatoms. The second kappa shape index (κ2) is 7.61. The maximum Gasteiger partial charge on any atom is 0.434 e. The number of carboxylic acids is 1. The van der Waals surface area contributed by atoms with Crippen molar-refractivity contribution in [1.29, 1.82) is 0 Å². The number of ether oxygens (including phenoxy) is 1. The summed E-state index contributed by atoms with van der Waals surface area (Å²) in [5.41, 5.74) is -1.92. The van der Waals surface area contributed by atoms with Gasteiger partial charge in [-0.15, -0.1) is 0 Å². The Balaban J connectivity index is 2.07. The van der Waals surface area contributed by atoms with Crippen LogP contribution in [0.4, 0.5) is 13.2 Å². The highest BCUT2D eigenvalue weighted by Gasteiger charge is 2.37. The van der Waals surface area contributed by atoms with E-state index in [4.69, 9.17) is 4.74 Å². The molecule has 1 aliphatic rings. The largest absolute Gasteiger partial charge is 0.481 e. The molecule has 1 unspecified atom stereocenters. The van der Waals surface area contributed by atoms with Crippen LogP contribution in [-0.2, 0) is 15.7 Å². The summed E-state index contributed by atoms with van der Waals surface area (Å²) in [5.74, 6) is -3.14. The number of nitrogens with zero attached hydrogens (tertiary/aromatic N) is 1. The lowest BCUT2D eigenvalue weighted by Crippen LogP contribution is -2.39. The van der Waals surface area contributed by atoms with Crippen LogP contribution in [0.5, 0.6) is 0 Å². The number of halogens is 3. The van der Waals surface area contributed by atoms with Crippen LogP contribution in [-0.4, -0.2) is 41.7 Å². The molecule has 132 valence electrons. The molecule has 1 amide bonds. The molecule has 1 aliphatic heterocycles. The summed E-state index contributed by atoms with van der Waals surface area (Å²) in [6.07, 6.45) is -2.75. The van der Waals surface area contributed by atoms with Crippen molar-refractivity contribution < 1.29 is 32.6 Å². The number of carboxylic acid groups (broad SMARTS) is 1. The lowest BCUT2D eigenvalue weighted by molar-refractivity contribution is -0.145. The maximum absolute atomic E-state index is 12.9. The second-order valence-corrected chi connectivity index (χ2v) is 5.50. The van der Waals surface area contributed by atoms with E-state index >= 15 is 0 Å². The smallest absolute Gasteiger partial charge is 0.434 e. The fourth-order valence-electron chi connectivity index (χ4n) is 2.69. The van der Waals surface area contributed by atoms with Crippen LogP contribution in [0.25, 0.3) is 0 Å². The highest BCUT2D eigenvalue weighted by molar-refractivity contribution is 5.95. The molecule has 0 spiro atoms. The molecule has 0 aliphatic carbocycles. The molecule has 0 radical (unpaired) electrons. The summed E-state index contributed by atoms with van der Waals surface area (Å²) in [6, 6.07) is 2.23. The van der Waals surface area contributed by atoms with Crippen molar-refractivity contribution in [3.8, 4) is 0 Å². The molecule has 1 aromatic rings. The van der Waals surface area contributed by atoms with Gasteiger partial charge in [0.1, 0.15) is 0 Å². The highest BCUT2D eigenvalue weighted by atomic mass is 19.4. The average Bonchev–Trinajstić information content (AvgIpc) is 2.54. The molecule has 0 aromatic carbocycles. The molecular formula is C15H17F3N2O4. The molecule has 1 fully saturated rings. The predicted octanol–water partition coefficient (Wildman–Crippen LogP) is 1.96. The summed E-state index contributed by atoms with van der Waals surface area (Å²) >= 11 is 0. The van der Waals surface area contributed by atoms with Gasteiger partial charge in [-0.25, -0.2) is 0 Å². The average molecular weight is 346 g/mol. The van der Waals surface area contributed by atoms with Gasteiger partial charge in [0.2, 0.25) is 0 Å². The van der Waals surface area contributed by atoms with E-state index in [-0.39, 0.29) is 12.5 Å². The quantitative estimate of drug-likeness (QED) is 0.851. The second-order valence-electron chi connectivity index (χ2n) is 5.50. The van der Waals surface area contributed by atoms with Crippen LogP contribution < -0.4 is 5.32 Å². The van der Waals surface area contributed by atoms with Gasteiger partial charge in [0.25, 0.3) is 5.91 Å². The van der Waals surface area contributed by atoms with Gasteiger partial charge >= 0.3 is 12.1 Å². The molecule has 24 heavy (non-hydrogen) atoms. The molecule has 2 rings (SSSR count). The van der Waals surface area contributed by atoms with Gasteiger partial charge in [0.05, 0.1) is 11.5 Å². The van der Waals surface area contributed by atoms with Crippen molar-refractivity contribution in [2.45, 2.75) is 19.0 Å². The molecule has 2 N–H and O–H groups in total. The number of amides is 1. The first-order chi connectivity index (χ1) is 11.3. The number of carbonyl (C=O) groups excluding carboxylic acids is 1. The number of rotatable bonds is 5. The lowest BCUT2D eigenvalue weighted by atomic mass is 9.86. The number of alkyl halides is 3. The first-order valence-corrected chi connectivity index (χ1v) is 7.41. The molecule has 0 bridgehead atoms. The summed E-state index contributed by atoms with van der Waals surface area (Å²) in [4.78, 5) is 26.6. The zero-order chi connectivity index (χ0) is 17.7. The Morgan fingerprint density at radius 1 is 1.38 bits per heavy atom. The number of hydrogen-bond acceptors (Lipinski definition) is 4. The summed E-state index contributed by atoms with van der Waals surface area (Å²) in [7, 11) is 0. The Hall–Kier alpha value is -2.16. The van der Waals surface area contributed by atoms with Crippen molar-refractivity contribution in [1.82, 2.24) is 10.3 Å². The molecule has 1 atom stereocenters. The van der Waals surface area contributed by atoms with Crippen molar-refractivity contribution >= 4 is 11.9 Å². The Kier molecular flexibility index (Phi) is 5.76. The molecule has 6 nitrogen and oxygen atoms in total. The minimum absolute atomic E-state index is 0.187. The first-order valence-electron chi connectivity index (χ1n) is 7.41. The molecule has 1 aromatic heterocycles. The van der Waals surface area contributed by atoms with Crippen molar-refractivity contribution in [3.63, 3.8) is 0 Å². The zero-order valence-corrected chi connectivity index (χ0v) is 12.7. The van der Waals surface area contributed by atoms with E-state index in [0.717, 1.165) is 12.3 Å². The third-order valence-electron chi connectivity index (χ3n) is 3.96. The standard InChI is InChI=1S/C15H17F3N2O4/c16-15(17,18)12-10(2-1-5-19-12)13(21)20-8-11(14(22)23)9-3-6-24-7-4-9/h1-2,5,9,11H,3-4,6-8H2,(H,20,21)(H,22,23). The van der Waals surface area contributed by atoms with Crippen LogP contribution in [0.1, 0.15) is 28.9 Å². The Morgan fingerprint density at radius 3 is 2.62 bits per heavy atom. The molecule has 1 saturated heterocycles. The van der Waals surface area contributed by atoms with Gasteiger partial charge in [0, 0.05) is 26.0 Å². The van der Waals surface area contributed by atoms with Crippen LogP contribution in [0.15, 0.2) is 18.3 Å². The van der Waals surface area contributed by atoms with Crippen LogP contribution >= 0.6 is 0 Å². The predicted molar refractivity (Wildman–Crippen MR) is 76.2 cm³/mol. The van der Waals surface area contributed by atoms with Gasteiger partial charge in [-0.05, 0) is 30.9 Å². The fraction of sp³-hybridized carbons (Fsp3) is 0.533. The Labute approximate surface area is 136 Å². The summed E-state index contributed by atoms with van der Waals surface area (Å²) in [6.45, 7) is 0.622. The highest BCUT2D eigenvalue weighted by Crippen LogP contribution is 2.30. The van der Waals surface area contributed by atoms with Crippen LogP contribution in [0.3, 0.4) is 0 Å². The van der Waals surface area contributed by atoms with Crippen LogP contribution in [0.2, 0.25) is 0 Å².